The average molecular weight is 261 g/mol. The van der Waals surface area contributed by atoms with E-state index in [-0.39, 0.29) is 24.4 Å². The number of rotatable bonds is 2. The van der Waals surface area contributed by atoms with Crippen molar-refractivity contribution < 1.29 is 18.0 Å². The number of nitrogens with zero attached hydrogens (tertiary/aromatic N) is 1. The van der Waals surface area contributed by atoms with E-state index in [2.05, 4.69) is 0 Å². The first kappa shape index (κ1) is 15.5. The molecule has 2 atom stereocenters. The van der Waals surface area contributed by atoms with Crippen LogP contribution in [0, 0.1) is 5.92 Å². The molecule has 1 rings (SSSR count). The van der Waals surface area contributed by atoms with Crippen LogP contribution in [0.1, 0.15) is 19.8 Å². The zero-order chi connectivity index (χ0) is 11.6. The van der Waals surface area contributed by atoms with E-state index in [0.29, 0.717) is 19.5 Å². The van der Waals surface area contributed by atoms with Crippen molar-refractivity contribution in [3.63, 3.8) is 0 Å². The van der Waals surface area contributed by atoms with Crippen LogP contribution >= 0.6 is 12.4 Å². The Morgan fingerprint density at radius 3 is 2.50 bits per heavy atom. The van der Waals surface area contributed by atoms with Gasteiger partial charge in [-0.25, -0.2) is 0 Å². The second kappa shape index (κ2) is 5.72. The molecule has 0 saturated carbocycles. The first-order valence-electron chi connectivity index (χ1n) is 4.89. The van der Waals surface area contributed by atoms with Crippen LogP contribution in [0.3, 0.4) is 0 Å². The summed E-state index contributed by atoms with van der Waals surface area (Å²) >= 11 is 0. The fraction of sp³-hybridized carbons (Fsp3) is 0.889. The summed E-state index contributed by atoms with van der Waals surface area (Å²) in [5.41, 5.74) is 5.63. The van der Waals surface area contributed by atoms with Crippen molar-refractivity contribution in [2.75, 3.05) is 13.1 Å². The van der Waals surface area contributed by atoms with Gasteiger partial charge in [-0.05, 0) is 19.3 Å². The van der Waals surface area contributed by atoms with Crippen LogP contribution in [-0.4, -0.2) is 36.1 Å². The predicted octanol–water partition coefficient (Wildman–Crippen LogP) is 1.56. The first-order valence-corrected chi connectivity index (χ1v) is 4.89. The maximum atomic E-state index is 11.9. The highest BCUT2D eigenvalue weighted by Crippen LogP contribution is 2.24. The molecule has 0 aromatic heterocycles. The SMILES string of the molecule is CC(N)C1CCN(C(=O)CC(F)(F)F)C1.Cl. The number of hydrogen-bond acceptors (Lipinski definition) is 2. The molecule has 0 aromatic rings. The van der Waals surface area contributed by atoms with Gasteiger partial charge in [0.1, 0.15) is 6.42 Å². The Balaban J connectivity index is 0.00000225. The minimum absolute atomic E-state index is 0. The van der Waals surface area contributed by atoms with Crippen molar-refractivity contribution in [2.45, 2.75) is 32.0 Å². The van der Waals surface area contributed by atoms with Crippen LogP contribution in [0.2, 0.25) is 0 Å². The second-order valence-electron chi connectivity index (χ2n) is 4.04. The summed E-state index contributed by atoms with van der Waals surface area (Å²) in [4.78, 5) is 12.4. The van der Waals surface area contributed by atoms with E-state index in [1.807, 2.05) is 6.92 Å². The summed E-state index contributed by atoms with van der Waals surface area (Å²) in [5, 5.41) is 0. The first-order chi connectivity index (χ1) is 6.79. The number of nitrogens with two attached hydrogens (primary N) is 1. The fourth-order valence-corrected chi connectivity index (χ4v) is 1.73. The summed E-state index contributed by atoms with van der Waals surface area (Å²) in [6, 6.07) is -0.0753. The standard InChI is InChI=1S/C9H15F3N2O.ClH/c1-6(13)7-2-3-14(5-7)8(15)4-9(10,11)12;/h6-7H,2-5,13H2,1H3;1H. The Morgan fingerprint density at radius 2 is 2.12 bits per heavy atom. The molecule has 0 spiro atoms. The van der Waals surface area contributed by atoms with E-state index in [0.717, 1.165) is 0 Å². The Kier molecular flexibility index (Phi) is 5.55. The third-order valence-corrected chi connectivity index (χ3v) is 2.67. The number of hydrogen-bond donors (Lipinski definition) is 1. The third kappa shape index (κ3) is 4.57. The van der Waals surface area contributed by atoms with Crippen LogP contribution in [-0.2, 0) is 4.79 Å². The van der Waals surface area contributed by atoms with Crippen LogP contribution in [0.15, 0.2) is 0 Å². The monoisotopic (exact) mass is 260 g/mol. The van der Waals surface area contributed by atoms with Gasteiger partial charge in [0.05, 0.1) is 0 Å². The summed E-state index contributed by atoms with van der Waals surface area (Å²) in [6.07, 6.45) is -5.08. The minimum atomic E-state index is -4.41. The Hall–Kier alpha value is -0.490. The molecule has 0 aromatic carbocycles. The van der Waals surface area contributed by atoms with Crippen molar-refractivity contribution in [1.29, 1.82) is 0 Å². The largest absolute Gasteiger partial charge is 0.397 e. The molecule has 1 aliphatic heterocycles. The molecule has 2 N–H and O–H groups in total. The van der Waals surface area contributed by atoms with Gasteiger partial charge in [-0.1, -0.05) is 0 Å². The third-order valence-electron chi connectivity index (χ3n) is 2.67. The molecule has 0 aliphatic carbocycles. The molecule has 96 valence electrons. The zero-order valence-corrected chi connectivity index (χ0v) is 9.77. The molecule has 2 unspecified atom stereocenters. The van der Waals surface area contributed by atoms with Crippen LogP contribution in [0.25, 0.3) is 0 Å². The smallest absolute Gasteiger partial charge is 0.342 e. The number of carbonyl (C=O) groups excluding carboxylic acids is 1. The topological polar surface area (TPSA) is 46.3 Å². The van der Waals surface area contributed by atoms with Gasteiger partial charge in [0.2, 0.25) is 5.91 Å². The average Bonchev–Trinajstić information content (AvgIpc) is 2.47. The minimum Gasteiger partial charge on any atom is -0.342 e. The molecular formula is C9H16ClF3N2O. The lowest BCUT2D eigenvalue weighted by molar-refractivity contribution is -0.160. The number of halogens is 4. The van der Waals surface area contributed by atoms with Crippen LogP contribution < -0.4 is 5.73 Å². The summed E-state index contributed by atoms with van der Waals surface area (Å²) in [7, 11) is 0. The highest BCUT2D eigenvalue weighted by atomic mass is 35.5. The van der Waals surface area contributed by atoms with Gasteiger partial charge in [0, 0.05) is 19.1 Å². The van der Waals surface area contributed by atoms with Crippen LogP contribution in [0.4, 0.5) is 13.2 Å². The van der Waals surface area contributed by atoms with Crippen molar-refractivity contribution in [1.82, 2.24) is 4.90 Å². The maximum absolute atomic E-state index is 11.9. The van der Waals surface area contributed by atoms with E-state index in [9.17, 15) is 18.0 Å². The molecule has 1 fully saturated rings. The van der Waals surface area contributed by atoms with Crippen LogP contribution in [0.5, 0.6) is 0 Å². The van der Waals surface area contributed by atoms with E-state index in [4.69, 9.17) is 5.73 Å². The molecule has 0 radical (unpaired) electrons. The normalized spacial score (nSPS) is 22.8. The molecule has 1 heterocycles. The highest BCUT2D eigenvalue weighted by Gasteiger charge is 2.36. The Bertz CT molecular complexity index is 245. The Morgan fingerprint density at radius 1 is 1.56 bits per heavy atom. The molecule has 16 heavy (non-hydrogen) atoms. The molecular weight excluding hydrogens is 245 g/mol. The van der Waals surface area contributed by atoms with Gasteiger partial charge < -0.3 is 10.6 Å². The quantitative estimate of drug-likeness (QED) is 0.819. The summed E-state index contributed by atoms with van der Waals surface area (Å²) in [6.45, 7) is 2.55. The summed E-state index contributed by atoms with van der Waals surface area (Å²) in [5.74, 6) is -0.715. The molecule has 0 bridgehead atoms. The maximum Gasteiger partial charge on any atom is 0.397 e. The lowest BCUT2D eigenvalue weighted by Gasteiger charge is -2.18. The van der Waals surface area contributed by atoms with Crippen molar-refractivity contribution in [3.8, 4) is 0 Å². The predicted molar refractivity (Wildman–Crippen MR) is 56.3 cm³/mol. The molecule has 7 heteroatoms. The summed E-state index contributed by atoms with van der Waals surface area (Å²) < 4.78 is 35.8. The fourth-order valence-electron chi connectivity index (χ4n) is 1.73. The number of likely N-dealkylation sites (tertiary alicyclic amines) is 1. The van der Waals surface area contributed by atoms with Gasteiger partial charge in [-0.15, -0.1) is 12.4 Å². The van der Waals surface area contributed by atoms with E-state index in [1.165, 1.54) is 4.90 Å². The second-order valence-corrected chi connectivity index (χ2v) is 4.04. The molecule has 1 aliphatic rings. The molecule has 1 amide bonds. The van der Waals surface area contributed by atoms with Crippen molar-refractivity contribution >= 4 is 18.3 Å². The van der Waals surface area contributed by atoms with Gasteiger partial charge in [-0.2, -0.15) is 13.2 Å². The lowest BCUT2D eigenvalue weighted by atomic mass is 10.0. The number of alkyl halides is 3. The highest BCUT2D eigenvalue weighted by molar-refractivity contribution is 5.85. The van der Waals surface area contributed by atoms with Gasteiger partial charge in [0.15, 0.2) is 0 Å². The molecule has 3 nitrogen and oxygen atoms in total. The Labute approximate surface area is 98.6 Å². The number of amides is 1. The van der Waals surface area contributed by atoms with Gasteiger partial charge in [-0.3, -0.25) is 4.79 Å². The van der Waals surface area contributed by atoms with E-state index >= 15 is 0 Å². The van der Waals surface area contributed by atoms with Crippen molar-refractivity contribution in [3.05, 3.63) is 0 Å². The van der Waals surface area contributed by atoms with Gasteiger partial charge >= 0.3 is 6.18 Å². The van der Waals surface area contributed by atoms with E-state index < -0.39 is 18.5 Å². The van der Waals surface area contributed by atoms with Crippen molar-refractivity contribution in [2.24, 2.45) is 11.7 Å². The molecule has 1 saturated heterocycles. The van der Waals surface area contributed by atoms with E-state index in [1.54, 1.807) is 0 Å². The lowest BCUT2D eigenvalue weighted by Crippen LogP contribution is -2.35. The van der Waals surface area contributed by atoms with Gasteiger partial charge in [0.25, 0.3) is 0 Å². The zero-order valence-electron chi connectivity index (χ0n) is 8.96. The number of carbonyl (C=O) groups is 1.